The smallest absolute Gasteiger partial charge is 0.00485 e. The van der Waals surface area contributed by atoms with Crippen LogP contribution in [0.5, 0.6) is 0 Å². The molecule has 1 saturated carbocycles. The fourth-order valence-corrected chi connectivity index (χ4v) is 1.79. The molecule has 0 spiro atoms. The van der Waals surface area contributed by atoms with Gasteiger partial charge in [-0.3, -0.25) is 0 Å². The van der Waals surface area contributed by atoms with Gasteiger partial charge in [-0.15, -0.1) is 0 Å². The minimum Gasteiger partial charge on any atom is -0.330 e. The maximum atomic E-state index is 5.51. The lowest BCUT2D eigenvalue weighted by Crippen LogP contribution is -2.37. The van der Waals surface area contributed by atoms with Crippen molar-refractivity contribution >= 4 is 0 Å². The number of hydrogen-bond donors (Lipinski definition) is 1. The predicted octanol–water partition coefficient (Wildman–Crippen LogP) is 1.77. The van der Waals surface area contributed by atoms with Crippen LogP contribution in [0.3, 0.4) is 0 Å². The van der Waals surface area contributed by atoms with Gasteiger partial charge >= 0.3 is 0 Å². The van der Waals surface area contributed by atoms with Crippen LogP contribution >= 0.6 is 0 Å². The average Bonchev–Trinajstić information content (AvgIpc) is 1.81. The molecule has 1 nitrogen and oxygen atoms in total. The molecule has 9 heavy (non-hydrogen) atoms. The first-order valence-electron chi connectivity index (χ1n) is 3.90. The normalized spacial score (nSPS) is 42.3. The van der Waals surface area contributed by atoms with Crippen molar-refractivity contribution in [2.24, 2.45) is 17.1 Å². The van der Waals surface area contributed by atoms with Crippen molar-refractivity contribution in [3.8, 4) is 0 Å². The molecule has 0 radical (unpaired) electrons. The molecule has 0 aromatic heterocycles. The van der Waals surface area contributed by atoms with Crippen LogP contribution < -0.4 is 5.73 Å². The van der Waals surface area contributed by atoms with Crippen LogP contribution in [0.15, 0.2) is 0 Å². The minimum absolute atomic E-state index is 0.657. The molecule has 0 saturated heterocycles. The highest BCUT2D eigenvalue weighted by molar-refractivity contribution is 4.89. The van der Waals surface area contributed by atoms with E-state index in [4.69, 9.17) is 5.73 Å². The van der Waals surface area contributed by atoms with E-state index >= 15 is 0 Å². The second-order valence-corrected chi connectivity index (χ2v) is 3.67. The van der Waals surface area contributed by atoms with E-state index in [-0.39, 0.29) is 0 Å². The molecule has 0 unspecified atom stereocenters. The number of hydrogen-bond acceptors (Lipinski definition) is 1. The lowest BCUT2D eigenvalue weighted by atomic mass is 9.62. The molecule has 1 heteroatoms. The molecule has 0 atom stereocenters. The van der Waals surface area contributed by atoms with E-state index in [0.717, 1.165) is 12.5 Å². The summed E-state index contributed by atoms with van der Waals surface area (Å²) in [7, 11) is 0. The summed E-state index contributed by atoms with van der Waals surface area (Å²) in [6, 6.07) is 0. The SMILES string of the molecule is CCC1(C)CC(CN)C1. The quantitative estimate of drug-likeness (QED) is 0.601. The number of rotatable bonds is 2. The summed E-state index contributed by atoms with van der Waals surface area (Å²) >= 11 is 0. The van der Waals surface area contributed by atoms with Crippen molar-refractivity contribution in [2.45, 2.75) is 33.1 Å². The Morgan fingerprint density at radius 3 is 2.44 bits per heavy atom. The average molecular weight is 127 g/mol. The van der Waals surface area contributed by atoms with Crippen LogP contribution in [0.25, 0.3) is 0 Å². The summed E-state index contributed by atoms with van der Waals surface area (Å²) in [5, 5.41) is 0. The molecule has 0 aromatic rings. The summed E-state index contributed by atoms with van der Waals surface area (Å²) in [4.78, 5) is 0. The zero-order valence-electron chi connectivity index (χ0n) is 6.48. The third-order valence-electron chi connectivity index (χ3n) is 2.75. The Hall–Kier alpha value is -0.0400. The Labute approximate surface area is 57.6 Å². The van der Waals surface area contributed by atoms with E-state index in [1.807, 2.05) is 0 Å². The Morgan fingerprint density at radius 1 is 1.56 bits per heavy atom. The van der Waals surface area contributed by atoms with Crippen LogP contribution in [-0.2, 0) is 0 Å². The lowest BCUT2D eigenvalue weighted by Gasteiger charge is -2.44. The van der Waals surface area contributed by atoms with E-state index in [1.165, 1.54) is 19.3 Å². The van der Waals surface area contributed by atoms with Crippen LogP contribution in [0.2, 0.25) is 0 Å². The van der Waals surface area contributed by atoms with Gasteiger partial charge in [0.2, 0.25) is 0 Å². The monoisotopic (exact) mass is 127 g/mol. The molecule has 0 heterocycles. The molecule has 0 aliphatic heterocycles. The Balaban J connectivity index is 2.24. The standard InChI is InChI=1S/C8H17N/c1-3-8(2)4-7(5-8)6-9/h7H,3-6,9H2,1-2H3. The second-order valence-electron chi connectivity index (χ2n) is 3.67. The molecule has 1 rings (SSSR count). The van der Waals surface area contributed by atoms with Crippen LogP contribution in [0, 0.1) is 11.3 Å². The molecule has 1 aliphatic carbocycles. The molecule has 0 bridgehead atoms. The number of nitrogens with two attached hydrogens (primary N) is 1. The summed E-state index contributed by atoms with van der Waals surface area (Å²) in [5.41, 5.74) is 6.17. The highest BCUT2D eigenvalue weighted by Crippen LogP contribution is 2.46. The molecule has 2 N–H and O–H groups in total. The van der Waals surface area contributed by atoms with Crippen molar-refractivity contribution in [2.75, 3.05) is 6.54 Å². The van der Waals surface area contributed by atoms with Crippen LogP contribution in [-0.4, -0.2) is 6.54 Å². The predicted molar refractivity (Wildman–Crippen MR) is 40.2 cm³/mol. The Bertz CT molecular complexity index is 92.7. The van der Waals surface area contributed by atoms with Crippen molar-refractivity contribution < 1.29 is 0 Å². The van der Waals surface area contributed by atoms with Gasteiger partial charge in [0.1, 0.15) is 0 Å². The molecule has 1 fully saturated rings. The Morgan fingerprint density at radius 2 is 2.11 bits per heavy atom. The first-order valence-corrected chi connectivity index (χ1v) is 3.90. The van der Waals surface area contributed by atoms with E-state index in [1.54, 1.807) is 0 Å². The van der Waals surface area contributed by atoms with Crippen molar-refractivity contribution in [3.63, 3.8) is 0 Å². The van der Waals surface area contributed by atoms with Crippen molar-refractivity contribution in [3.05, 3.63) is 0 Å². The van der Waals surface area contributed by atoms with Gasteiger partial charge < -0.3 is 5.73 Å². The molecule has 1 aliphatic rings. The van der Waals surface area contributed by atoms with Crippen molar-refractivity contribution in [1.29, 1.82) is 0 Å². The third-order valence-corrected chi connectivity index (χ3v) is 2.75. The van der Waals surface area contributed by atoms with Gasteiger partial charge in [0, 0.05) is 0 Å². The Kier molecular flexibility index (Phi) is 1.80. The van der Waals surface area contributed by atoms with Gasteiger partial charge in [0.15, 0.2) is 0 Å². The van der Waals surface area contributed by atoms with Crippen molar-refractivity contribution in [1.82, 2.24) is 0 Å². The minimum atomic E-state index is 0.657. The van der Waals surface area contributed by atoms with Gasteiger partial charge in [-0.2, -0.15) is 0 Å². The van der Waals surface area contributed by atoms with Gasteiger partial charge in [-0.1, -0.05) is 20.3 Å². The van der Waals surface area contributed by atoms with Gasteiger partial charge in [-0.25, -0.2) is 0 Å². The maximum absolute atomic E-state index is 5.51. The van der Waals surface area contributed by atoms with Gasteiger partial charge in [0.25, 0.3) is 0 Å². The lowest BCUT2D eigenvalue weighted by molar-refractivity contribution is 0.0766. The molecule has 0 amide bonds. The second kappa shape index (κ2) is 2.30. The summed E-state index contributed by atoms with van der Waals surface area (Å²) in [6.07, 6.45) is 4.05. The zero-order chi connectivity index (χ0) is 6.91. The summed E-state index contributed by atoms with van der Waals surface area (Å²) in [6.45, 7) is 5.53. The van der Waals surface area contributed by atoms with Gasteiger partial charge in [-0.05, 0) is 30.7 Å². The first kappa shape index (κ1) is 7.07. The molecular formula is C8H17N. The topological polar surface area (TPSA) is 26.0 Å². The van der Waals surface area contributed by atoms with E-state index in [0.29, 0.717) is 5.41 Å². The highest BCUT2D eigenvalue weighted by atomic mass is 14.6. The molecular weight excluding hydrogens is 110 g/mol. The maximum Gasteiger partial charge on any atom is -0.00485 e. The van der Waals surface area contributed by atoms with Crippen LogP contribution in [0.4, 0.5) is 0 Å². The summed E-state index contributed by atoms with van der Waals surface area (Å²) < 4.78 is 0. The molecule has 0 aromatic carbocycles. The van der Waals surface area contributed by atoms with E-state index in [9.17, 15) is 0 Å². The molecule has 54 valence electrons. The van der Waals surface area contributed by atoms with E-state index < -0.39 is 0 Å². The fraction of sp³-hybridized carbons (Fsp3) is 1.00. The van der Waals surface area contributed by atoms with Gasteiger partial charge in [0.05, 0.1) is 0 Å². The van der Waals surface area contributed by atoms with E-state index in [2.05, 4.69) is 13.8 Å². The fourth-order valence-electron chi connectivity index (χ4n) is 1.79. The zero-order valence-corrected chi connectivity index (χ0v) is 6.48. The highest BCUT2D eigenvalue weighted by Gasteiger charge is 2.37. The third kappa shape index (κ3) is 1.26. The summed E-state index contributed by atoms with van der Waals surface area (Å²) in [5.74, 6) is 0.843. The largest absolute Gasteiger partial charge is 0.330 e. The van der Waals surface area contributed by atoms with Crippen LogP contribution in [0.1, 0.15) is 33.1 Å². The first-order chi connectivity index (χ1) is 4.20.